The molecule has 2 N–H and O–H groups in total. The molecule has 1 rings (SSSR count). The Morgan fingerprint density at radius 3 is 2.50 bits per heavy atom. The van der Waals surface area contributed by atoms with E-state index < -0.39 is 0 Å². The summed E-state index contributed by atoms with van der Waals surface area (Å²) in [7, 11) is 0. The van der Waals surface area contributed by atoms with Crippen LogP contribution in [0.3, 0.4) is 0 Å². The molecule has 1 aliphatic carbocycles. The van der Waals surface area contributed by atoms with Gasteiger partial charge in [-0.1, -0.05) is 40.5 Å². The van der Waals surface area contributed by atoms with Gasteiger partial charge in [0.05, 0.1) is 0 Å². The molecule has 1 saturated carbocycles. The maximum atomic E-state index is 5.84. The normalized spacial score (nSPS) is 27.4. The van der Waals surface area contributed by atoms with Gasteiger partial charge in [0.25, 0.3) is 0 Å². The third kappa shape index (κ3) is 4.06. The van der Waals surface area contributed by atoms with Crippen LogP contribution in [0.2, 0.25) is 0 Å². The molecule has 1 fully saturated rings. The molecule has 2 unspecified atom stereocenters. The smallest absolute Gasteiger partial charge is 0.00979 e. The van der Waals surface area contributed by atoms with Crippen molar-refractivity contribution in [1.82, 2.24) is 4.90 Å². The molecule has 0 bridgehead atoms. The average molecular weight is 226 g/mol. The van der Waals surface area contributed by atoms with Gasteiger partial charge in [0.2, 0.25) is 0 Å². The second-order valence-corrected chi connectivity index (χ2v) is 6.36. The van der Waals surface area contributed by atoms with Crippen LogP contribution in [-0.4, -0.2) is 30.6 Å². The summed E-state index contributed by atoms with van der Waals surface area (Å²) in [4.78, 5) is 2.66. The summed E-state index contributed by atoms with van der Waals surface area (Å²) in [6.45, 7) is 12.3. The lowest BCUT2D eigenvalue weighted by Gasteiger charge is -2.40. The summed E-state index contributed by atoms with van der Waals surface area (Å²) >= 11 is 0. The van der Waals surface area contributed by atoms with Gasteiger partial charge in [-0.25, -0.2) is 0 Å². The van der Waals surface area contributed by atoms with E-state index in [2.05, 4.69) is 32.6 Å². The van der Waals surface area contributed by atoms with Crippen molar-refractivity contribution < 1.29 is 0 Å². The molecule has 16 heavy (non-hydrogen) atoms. The van der Waals surface area contributed by atoms with Crippen molar-refractivity contribution in [2.45, 2.75) is 59.4 Å². The van der Waals surface area contributed by atoms with Crippen molar-refractivity contribution in [1.29, 1.82) is 0 Å². The minimum Gasteiger partial charge on any atom is -0.330 e. The van der Waals surface area contributed by atoms with Crippen molar-refractivity contribution in [2.24, 2.45) is 17.1 Å². The van der Waals surface area contributed by atoms with Crippen LogP contribution in [0.4, 0.5) is 0 Å². The van der Waals surface area contributed by atoms with Gasteiger partial charge in [0.15, 0.2) is 0 Å². The van der Waals surface area contributed by atoms with Gasteiger partial charge in [-0.15, -0.1) is 0 Å². The molecule has 0 saturated heterocycles. The first-order valence-electron chi connectivity index (χ1n) is 6.92. The van der Waals surface area contributed by atoms with Crippen LogP contribution in [0.15, 0.2) is 0 Å². The minimum absolute atomic E-state index is 0.261. The van der Waals surface area contributed by atoms with E-state index in [1.165, 1.54) is 32.2 Å². The van der Waals surface area contributed by atoms with E-state index in [4.69, 9.17) is 5.73 Å². The van der Waals surface area contributed by atoms with Gasteiger partial charge in [-0.05, 0) is 37.3 Å². The summed E-state index contributed by atoms with van der Waals surface area (Å²) in [6.07, 6.45) is 5.60. The van der Waals surface area contributed by atoms with Crippen molar-refractivity contribution in [3.8, 4) is 0 Å². The standard InChI is InChI=1S/C14H30N2/c1-5-16(11-14(3,4)10-15)13-8-6-7-12(2)9-13/h12-13H,5-11,15H2,1-4H3. The Hall–Kier alpha value is -0.0800. The highest BCUT2D eigenvalue weighted by Crippen LogP contribution is 2.29. The molecule has 0 aromatic rings. The topological polar surface area (TPSA) is 29.3 Å². The Balaban J connectivity index is 2.52. The van der Waals surface area contributed by atoms with E-state index in [0.29, 0.717) is 0 Å². The molecule has 1 aliphatic rings. The summed E-state index contributed by atoms with van der Waals surface area (Å²) < 4.78 is 0. The Kier molecular flexibility index (Phi) is 5.26. The third-order valence-electron chi connectivity index (χ3n) is 4.02. The van der Waals surface area contributed by atoms with Crippen molar-refractivity contribution in [3.05, 3.63) is 0 Å². The second-order valence-electron chi connectivity index (χ2n) is 6.36. The minimum atomic E-state index is 0.261. The zero-order valence-corrected chi connectivity index (χ0v) is 11.6. The van der Waals surface area contributed by atoms with E-state index in [1.54, 1.807) is 0 Å². The van der Waals surface area contributed by atoms with E-state index in [9.17, 15) is 0 Å². The molecular formula is C14H30N2. The zero-order chi connectivity index (χ0) is 12.2. The first-order valence-corrected chi connectivity index (χ1v) is 6.92. The molecular weight excluding hydrogens is 196 g/mol. The van der Waals surface area contributed by atoms with Gasteiger partial charge < -0.3 is 10.6 Å². The number of hydrogen-bond acceptors (Lipinski definition) is 2. The van der Waals surface area contributed by atoms with Crippen LogP contribution in [0, 0.1) is 11.3 Å². The fraction of sp³-hybridized carbons (Fsp3) is 1.00. The van der Waals surface area contributed by atoms with Crippen LogP contribution in [0.5, 0.6) is 0 Å². The first kappa shape index (κ1) is 14.0. The first-order chi connectivity index (χ1) is 7.48. The monoisotopic (exact) mass is 226 g/mol. The van der Waals surface area contributed by atoms with Gasteiger partial charge >= 0.3 is 0 Å². The fourth-order valence-electron chi connectivity index (χ4n) is 2.85. The summed E-state index contributed by atoms with van der Waals surface area (Å²) in [6, 6.07) is 0.805. The number of nitrogens with two attached hydrogens (primary N) is 1. The van der Waals surface area contributed by atoms with Gasteiger partial charge in [-0.2, -0.15) is 0 Å². The molecule has 0 spiro atoms. The molecule has 96 valence electrons. The SMILES string of the molecule is CCN(CC(C)(C)CN)C1CCCC(C)C1. The zero-order valence-electron chi connectivity index (χ0n) is 11.6. The average Bonchev–Trinajstić information content (AvgIpc) is 2.26. The number of hydrogen-bond donors (Lipinski definition) is 1. The van der Waals surface area contributed by atoms with Gasteiger partial charge in [-0.3, -0.25) is 0 Å². The predicted molar refractivity (Wildman–Crippen MR) is 71.5 cm³/mol. The molecule has 0 aromatic heterocycles. The lowest BCUT2D eigenvalue weighted by atomic mass is 9.84. The molecule has 0 aromatic carbocycles. The Labute approximate surface area is 102 Å². The Morgan fingerprint density at radius 2 is 2.00 bits per heavy atom. The molecule has 2 atom stereocenters. The highest BCUT2D eigenvalue weighted by Gasteiger charge is 2.27. The maximum Gasteiger partial charge on any atom is 0.00979 e. The number of rotatable bonds is 5. The molecule has 0 heterocycles. The molecule has 0 amide bonds. The summed E-state index contributed by atoms with van der Waals surface area (Å²) in [5.41, 5.74) is 6.10. The lowest BCUT2D eigenvalue weighted by molar-refractivity contribution is 0.0982. The highest BCUT2D eigenvalue weighted by molar-refractivity contribution is 4.82. The predicted octanol–water partition coefficient (Wildman–Crippen LogP) is 2.87. The largest absolute Gasteiger partial charge is 0.330 e. The summed E-state index contributed by atoms with van der Waals surface area (Å²) in [5.74, 6) is 0.911. The molecule has 0 aliphatic heterocycles. The third-order valence-corrected chi connectivity index (χ3v) is 4.02. The van der Waals surface area contributed by atoms with E-state index in [0.717, 1.165) is 25.0 Å². The lowest BCUT2D eigenvalue weighted by Crippen LogP contribution is -2.45. The highest BCUT2D eigenvalue weighted by atomic mass is 15.2. The van der Waals surface area contributed by atoms with Crippen LogP contribution in [0.1, 0.15) is 53.4 Å². The van der Waals surface area contributed by atoms with Gasteiger partial charge in [0, 0.05) is 12.6 Å². The number of nitrogens with zero attached hydrogens (tertiary/aromatic N) is 1. The molecule has 2 heteroatoms. The van der Waals surface area contributed by atoms with Crippen LogP contribution >= 0.6 is 0 Å². The summed E-state index contributed by atoms with van der Waals surface area (Å²) in [5, 5.41) is 0. The van der Waals surface area contributed by atoms with Crippen LogP contribution < -0.4 is 5.73 Å². The van der Waals surface area contributed by atoms with E-state index in [-0.39, 0.29) is 5.41 Å². The van der Waals surface area contributed by atoms with Crippen molar-refractivity contribution >= 4 is 0 Å². The van der Waals surface area contributed by atoms with E-state index in [1.807, 2.05) is 0 Å². The molecule has 2 nitrogen and oxygen atoms in total. The quantitative estimate of drug-likeness (QED) is 0.781. The van der Waals surface area contributed by atoms with Crippen LogP contribution in [0.25, 0.3) is 0 Å². The Morgan fingerprint density at radius 1 is 1.31 bits per heavy atom. The Bertz CT molecular complexity index is 201. The van der Waals surface area contributed by atoms with Crippen molar-refractivity contribution in [2.75, 3.05) is 19.6 Å². The van der Waals surface area contributed by atoms with E-state index >= 15 is 0 Å². The molecule has 0 radical (unpaired) electrons. The van der Waals surface area contributed by atoms with Crippen LogP contribution in [-0.2, 0) is 0 Å². The van der Waals surface area contributed by atoms with Crippen molar-refractivity contribution in [3.63, 3.8) is 0 Å². The maximum absolute atomic E-state index is 5.84. The second kappa shape index (κ2) is 6.02. The fourth-order valence-corrected chi connectivity index (χ4v) is 2.85. The van der Waals surface area contributed by atoms with Gasteiger partial charge in [0.1, 0.15) is 0 Å².